The highest BCUT2D eigenvalue weighted by Gasteiger charge is 2.38. The summed E-state index contributed by atoms with van der Waals surface area (Å²) in [5.74, 6) is 0. The second-order valence-electron chi connectivity index (χ2n) is 6.92. The summed E-state index contributed by atoms with van der Waals surface area (Å²) in [7, 11) is 2.25. The molecule has 2 atom stereocenters. The van der Waals surface area contributed by atoms with Crippen molar-refractivity contribution < 1.29 is 0 Å². The lowest BCUT2D eigenvalue weighted by molar-refractivity contribution is 0.0283. The summed E-state index contributed by atoms with van der Waals surface area (Å²) in [6.45, 7) is 11.6. The van der Waals surface area contributed by atoms with E-state index in [9.17, 15) is 0 Å². The molecule has 0 aromatic rings. The topological polar surface area (TPSA) is 29.3 Å². The third-order valence-corrected chi connectivity index (χ3v) is 4.73. The predicted octanol–water partition coefficient (Wildman–Crippen LogP) is 3.01. The van der Waals surface area contributed by atoms with Crippen LogP contribution in [0.5, 0.6) is 0 Å². The van der Waals surface area contributed by atoms with Gasteiger partial charge in [0.1, 0.15) is 0 Å². The minimum absolute atomic E-state index is 0.260. The Morgan fingerprint density at radius 3 is 2.44 bits per heavy atom. The molecule has 0 radical (unpaired) electrons. The second kappa shape index (κ2) is 4.66. The van der Waals surface area contributed by atoms with Crippen molar-refractivity contribution in [3.05, 3.63) is 0 Å². The SMILES string of the molecule is CCC(C)(C)N(C)C1CC(C)(C)CCC1N. The number of hydrogen-bond acceptors (Lipinski definition) is 2. The summed E-state index contributed by atoms with van der Waals surface area (Å²) in [4.78, 5) is 2.51. The lowest BCUT2D eigenvalue weighted by atomic mass is 9.72. The van der Waals surface area contributed by atoms with Crippen molar-refractivity contribution >= 4 is 0 Å². The van der Waals surface area contributed by atoms with Gasteiger partial charge in [0.05, 0.1) is 0 Å². The lowest BCUT2D eigenvalue weighted by Crippen LogP contribution is -2.57. The van der Waals surface area contributed by atoms with E-state index in [1.807, 2.05) is 0 Å². The van der Waals surface area contributed by atoms with Gasteiger partial charge in [0.25, 0.3) is 0 Å². The van der Waals surface area contributed by atoms with Crippen molar-refractivity contribution in [2.45, 2.75) is 77.9 Å². The van der Waals surface area contributed by atoms with Crippen molar-refractivity contribution in [3.8, 4) is 0 Å². The van der Waals surface area contributed by atoms with E-state index in [0.29, 0.717) is 17.5 Å². The largest absolute Gasteiger partial charge is 0.326 e. The lowest BCUT2D eigenvalue weighted by Gasteiger charge is -2.49. The Bertz CT molecular complexity index is 233. The molecule has 2 heteroatoms. The standard InChI is InChI=1S/C14H30N2/c1-7-14(4,5)16(6)12-10-13(2,3)9-8-11(12)15/h11-12H,7-10,15H2,1-6H3. The smallest absolute Gasteiger partial charge is 0.0254 e. The molecule has 0 amide bonds. The quantitative estimate of drug-likeness (QED) is 0.801. The normalized spacial score (nSPS) is 30.8. The molecule has 2 nitrogen and oxygen atoms in total. The molecule has 0 aromatic heterocycles. The number of nitrogens with zero attached hydrogens (tertiary/aromatic N) is 1. The summed E-state index contributed by atoms with van der Waals surface area (Å²) < 4.78 is 0. The summed E-state index contributed by atoms with van der Waals surface area (Å²) >= 11 is 0. The van der Waals surface area contributed by atoms with Crippen molar-refractivity contribution in [3.63, 3.8) is 0 Å². The van der Waals surface area contributed by atoms with Crippen LogP contribution in [0.1, 0.15) is 60.3 Å². The van der Waals surface area contributed by atoms with Gasteiger partial charge >= 0.3 is 0 Å². The average molecular weight is 226 g/mol. The zero-order valence-electron chi connectivity index (χ0n) is 12.0. The van der Waals surface area contributed by atoms with Crippen LogP contribution in [0.4, 0.5) is 0 Å². The van der Waals surface area contributed by atoms with Gasteiger partial charge in [0, 0.05) is 17.6 Å². The van der Waals surface area contributed by atoms with Gasteiger partial charge in [-0.2, -0.15) is 0 Å². The van der Waals surface area contributed by atoms with Crippen LogP contribution < -0.4 is 5.73 Å². The Labute approximate surface area is 102 Å². The van der Waals surface area contributed by atoms with E-state index >= 15 is 0 Å². The van der Waals surface area contributed by atoms with Crippen LogP contribution in [0.3, 0.4) is 0 Å². The third-order valence-electron chi connectivity index (χ3n) is 4.73. The van der Waals surface area contributed by atoms with Crippen LogP contribution in [0.2, 0.25) is 0 Å². The number of nitrogens with two attached hydrogens (primary N) is 1. The van der Waals surface area contributed by atoms with E-state index in [-0.39, 0.29) is 5.54 Å². The first-order valence-corrected chi connectivity index (χ1v) is 6.68. The van der Waals surface area contributed by atoms with Gasteiger partial charge in [-0.1, -0.05) is 20.8 Å². The highest BCUT2D eigenvalue weighted by Crippen LogP contribution is 2.38. The first kappa shape index (κ1) is 14.0. The highest BCUT2D eigenvalue weighted by molar-refractivity contribution is 4.95. The Kier molecular flexibility index (Phi) is 4.07. The van der Waals surface area contributed by atoms with E-state index in [1.54, 1.807) is 0 Å². The van der Waals surface area contributed by atoms with Gasteiger partial charge in [0.2, 0.25) is 0 Å². The molecule has 1 saturated carbocycles. The molecule has 0 spiro atoms. The van der Waals surface area contributed by atoms with E-state index in [2.05, 4.69) is 46.6 Å². The summed E-state index contributed by atoms with van der Waals surface area (Å²) in [6.07, 6.45) is 4.84. The first-order chi connectivity index (χ1) is 7.19. The van der Waals surface area contributed by atoms with Crippen LogP contribution in [-0.4, -0.2) is 29.6 Å². The van der Waals surface area contributed by atoms with Gasteiger partial charge in [0.15, 0.2) is 0 Å². The second-order valence-corrected chi connectivity index (χ2v) is 6.92. The molecule has 1 fully saturated rings. The zero-order chi connectivity index (χ0) is 12.6. The van der Waals surface area contributed by atoms with Crippen LogP contribution in [0, 0.1) is 5.41 Å². The van der Waals surface area contributed by atoms with Crippen LogP contribution in [0.15, 0.2) is 0 Å². The predicted molar refractivity (Wildman–Crippen MR) is 71.5 cm³/mol. The minimum Gasteiger partial charge on any atom is -0.326 e. The fourth-order valence-electron chi connectivity index (χ4n) is 2.69. The summed E-state index contributed by atoms with van der Waals surface area (Å²) in [6, 6.07) is 0.891. The van der Waals surface area contributed by atoms with E-state index < -0.39 is 0 Å². The van der Waals surface area contributed by atoms with Gasteiger partial charge in [-0.05, 0) is 52.0 Å². The van der Waals surface area contributed by atoms with Crippen LogP contribution >= 0.6 is 0 Å². The Hall–Kier alpha value is -0.0800. The van der Waals surface area contributed by atoms with Crippen LogP contribution in [0.25, 0.3) is 0 Å². The maximum absolute atomic E-state index is 6.31. The van der Waals surface area contributed by atoms with Crippen molar-refractivity contribution in [1.29, 1.82) is 0 Å². The molecule has 1 aliphatic carbocycles. The highest BCUT2D eigenvalue weighted by atomic mass is 15.2. The Morgan fingerprint density at radius 2 is 1.94 bits per heavy atom. The minimum atomic E-state index is 0.260. The van der Waals surface area contributed by atoms with E-state index in [1.165, 1.54) is 25.7 Å². The molecule has 0 aromatic carbocycles. The van der Waals surface area contributed by atoms with Crippen molar-refractivity contribution in [2.24, 2.45) is 11.1 Å². The molecule has 16 heavy (non-hydrogen) atoms. The molecule has 1 rings (SSSR count). The zero-order valence-corrected chi connectivity index (χ0v) is 12.0. The fraction of sp³-hybridized carbons (Fsp3) is 1.00. The summed E-state index contributed by atoms with van der Waals surface area (Å²) in [5.41, 5.74) is 7.03. The molecule has 2 unspecified atom stereocenters. The maximum atomic E-state index is 6.31. The molecular weight excluding hydrogens is 196 g/mol. The molecule has 0 saturated heterocycles. The third kappa shape index (κ3) is 2.98. The van der Waals surface area contributed by atoms with Crippen molar-refractivity contribution in [1.82, 2.24) is 4.90 Å². The van der Waals surface area contributed by atoms with E-state index in [0.717, 1.165) is 0 Å². The Morgan fingerprint density at radius 1 is 1.38 bits per heavy atom. The van der Waals surface area contributed by atoms with E-state index in [4.69, 9.17) is 5.73 Å². The number of hydrogen-bond donors (Lipinski definition) is 1. The van der Waals surface area contributed by atoms with Gasteiger partial charge < -0.3 is 5.73 Å². The number of likely N-dealkylation sites (N-methyl/N-ethyl adjacent to an activating group) is 1. The van der Waals surface area contributed by atoms with Crippen LogP contribution in [-0.2, 0) is 0 Å². The number of rotatable bonds is 3. The molecule has 96 valence electrons. The van der Waals surface area contributed by atoms with Gasteiger partial charge in [-0.3, -0.25) is 4.90 Å². The molecule has 1 aliphatic rings. The maximum Gasteiger partial charge on any atom is 0.0254 e. The molecule has 2 N–H and O–H groups in total. The monoisotopic (exact) mass is 226 g/mol. The fourth-order valence-corrected chi connectivity index (χ4v) is 2.69. The molecule has 0 aliphatic heterocycles. The average Bonchev–Trinajstić information content (AvgIpc) is 2.20. The molecule has 0 bridgehead atoms. The summed E-state index contributed by atoms with van der Waals surface area (Å²) in [5, 5.41) is 0. The van der Waals surface area contributed by atoms with Gasteiger partial charge in [-0.15, -0.1) is 0 Å². The van der Waals surface area contributed by atoms with Crippen molar-refractivity contribution in [2.75, 3.05) is 7.05 Å². The molecular formula is C14H30N2. The first-order valence-electron chi connectivity index (χ1n) is 6.68. The van der Waals surface area contributed by atoms with Gasteiger partial charge in [-0.25, -0.2) is 0 Å². The molecule has 0 heterocycles. The Balaban J connectivity index is 2.77.